The third kappa shape index (κ3) is 4.21. The summed E-state index contributed by atoms with van der Waals surface area (Å²) >= 11 is 0. The number of hydrogen-bond donors (Lipinski definition) is 3. The van der Waals surface area contributed by atoms with E-state index >= 15 is 0 Å². The van der Waals surface area contributed by atoms with E-state index < -0.39 is 46.2 Å². The lowest BCUT2D eigenvalue weighted by atomic mass is 9.99. The molecule has 1 aliphatic heterocycles. The van der Waals surface area contributed by atoms with Crippen LogP contribution in [0.5, 0.6) is 0 Å². The molecule has 0 radical (unpaired) electrons. The predicted molar refractivity (Wildman–Crippen MR) is 93.0 cm³/mol. The van der Waals surface area contributed by atoms with E-state index in [0.717, 1.165) is 5.56 Å². The van der Waals surface area contributed by atoms with Crippen molar-refractivity contribution in [3.63, 3.8) is 0 Å². The fourth-order valence-electron chi connectivity index (χ4n) is 3.09. The van der Waals surface area contributed by atoms with Gasteiger partial charge in [0, 0.05) is 13.2 Å². The van der Waals surface area contributed by atoms with Crippen LogP contribution in [0.4, 0.5) is 0 Å². The van der Waals surface area contributed by atoms with Crippen LogP contribution in [0.15, 0.2) is 29.2 Å². The molecule has 0 unspecified atom stereocenters. The van der Waals surface area contributed by atoms with E-state index in [-0.39, 0.29) is 10.9 Å². The molecular weight excluding hydrogens is 346 g/mol. The van der Waals surface area contributed by atoms with Gasteiger partial charge in [-0.15, -0.1) is 0 Å². The molecule has 0 amide bonds. The first-order valence-corrected chi connectivity index (χ1v) is 9.80. The molecule has 25 heavy (non-hydrogen) atoms. The van der Waals surface area contributed by atoms with E-state index in [2.05, 4.69) is 5.32 Å². The molecule has 7 nitrogen and oxygen atoms in total. The molecule has 1 aromatic carbocycles. The van der Waals surface area contributed by atoms with Gasteiger partial charge in [0.1, 0.15) is 17.5 Å². The number of nitrogens with one attached hydrogen (secondary N) is 1. The Hall–Kier alpha value is -1.03. The van der Waals surface area contributed by atoms with Gasteiger partial charge < -0.3 is 25.0 Å². The molecule has 1 aromatic rings. The van der Waals surface area contributed by atoms with Crippen LogP contribution < -0.4 is 5.32 Å². The van der Waals surface area contributed by atoms with Crippen molar-refractivity contribution in [2.24, 2.45) is 0 Å². The fraction of sp³-hybridized carbons (Fsp3) is 0.647. The minimum absolute atomic E-state index is 0.0557. The van der Waals surface area contributed by atoms with E-state index in [4.69, 9.17) is 9.47 Å². The van der Waals surface area contributed by atoms with E-state index in [1.165, 1.54) is 19.2 Å². The van der Waals surface area contributed by atoms with Crippen LogP contribution in [0.25, 0.3) is 0 Å². The number of hydrogen-bond acceptors (Lipinski definition) is 7. The topological polar surface area (TPSA) is 105 Å². The second-order valence-electron chi connectivity index (χ2n) is 6.62. The summed E-state index contributed by atoms with van der Waals surface area (Å²) < 4.78 is 37.3. The maximum Gasteiger partial charge on any atom is 0.185 e. The van der Waals surface area contributed by atoms with Gasteiger partial charge in [-0.25, -0.2) is 8.42 Å². The first-order valence-electron chi connectivity index (χ1n) is 8.26. The van der Waals surface area contributed by atoms with Crippen molar-refractivity contribution >= 4 is 9.84 Å². The Bertz CT molecular complexity index is 660. The normalized spacial score (nSPS) is 30.6. The van der Waals surface area contributed by atoms with Crippen molar-refractivity contribution in [1.29, 1.82) is 0 Å². The number of rotatable bonds is 6. The van der Waals surface area contributed by atoms with Crippen LogP contribution in [0, 0.1) is 6.92 Å². The largest absolute Gasteiger partial charge is 0.394 e. The molecule has 0 aliphatic carbocycles. The number of aryl methyl sites for hydroxylation is 1. The van der Waals surface area contributed by atoms with Gasteiger partial charge in [-0.3, -0.25) is 0 Å². The Morgan fingerprint density at radius 3 is 2.36 bits per heavy atom. The summed E-state index contributed by atoms with van der Waals surface area (Å²) in [4.78, 5) is 0.117. The second-order valence-corrected chi connectivity index (χ2v) is 8.73. The quantitative estimate of drug-likeness (QED) is 0.655. The number of aliphatic hydroxyl groups is 2. The molecular formula is C17H27NO6S. The highest BCUT2D eigenvalue weighted by atomic mass is 32.2. The summed E-state index contributed by atoms with van der Waals surface area (Å²) in [6.45, 7) is 5.10. The third-order valence-electron chi connectivity index (χ3n) is 4.32. The van der Waals surface area contributed by atoms with Crippen molar-refractivity contribution in [3.8, 4) is 0 Å². The van der Waals surface area contributed by atoms with Gasteiger partial charge in [-0.1, -0.05) is 31.5 Å². The summed E-state index contributed by atoms with van der Waals surface area (Å²) in [6, 6.07) is 5.63. The maximum atomic E-state index is 13.2. The highest BCUT2D eigenvalue weighted by Gasteiger charge is 2.51. The molecule has 1 fully saturated rings. The molecule has 1 saturated heterocycles. The highest BCUT2D eigenvalue weighted by Crippen LogP contribution is 2.31. The number of methoxy groups -OCH3 is 1. The summed E-state index contributed by atoms with van der Waals surface area (Å²) in [6.07, 6.45) is -3.34. The van der Waals surface area contributed by atoms with Gasteiger partial charge in [0.2, 0.25) is 0 Å². The van der Waals surface area contributed by atoms with Gasteiger partial charge in [-0.05, 0) is 19.1 Å². The van der Waals surface area contributed by atoms with Gasteiger partial charge in [0.15, 0.2) is 16.1 Å². The Labute approximate surface area is 148 Å². The summed E-state index contributed by atoms with van der Waals surface area (Å²) in [5.74, 6) is 0. The van der Waals surface area contributed by atoms with Gasteiger partial charge >= 0.3 is 0 Å². The van der Waals surface area contributed by atoms with Crippen molar-refractivity contribution < 1.29 is 28.1 Å². The lowest BCUT2D eigenvalue weighted by Gasteiger charge is -2.44. The smallest absolute Gasteiger partial charge is 0.185 e. The van der Waals surface area contributed by atoms with Gasteiger partial charge in [-0.2, -0.15) is 0 Å². The van der Waals surface area contributed by atoms with Crippen molar-refractivity contribution in [3.05, 3.63) is 29.8 Å². The summed E-state index contributed by atoms with van der Waals surface area (Å²) in [5.41, 5.74) is 0.936. The summed E-state index contributed by atoms with van der Waals surface area (Å²) in [7, 11) is -2.49. The van der Waals surface area contributed by atoms with Crippen LogP contribution in [0.2, 0.25) is 0 Å². The Morgan fingerprint density at radius 1 is 1.28 bits per heavy atom. The van der Waals surface area contributed by atoms with E-state index in [9.17, 15) is 18.6 Å². The van der Waals surface area contributed by atoms with E-state index in [0.29, 0.717) is 0 Å². The maximum absolute atomic E-state index is 13.2. The number of sulfone groups is 1. The zero-order valence-electron chi connectivity index (χ0n) is 14.9. The zero-order chi connectivity index (χ0) is 18.8. The molecule has 1 heterocycles. The highest BCUT2D eigenvalue weighted by molar-refractivity contribution is 7.92. The standard InChI is InChI=1S/C17H27NO6S/c1-10(2)18-14-16(15(20)13(9-19)24-17(14)23-4)25(21,22)12-7-5-11(3)6-8-12/h5-8,10,13-20H,9H2,1-4H3/t13-,14-,15-,16-,17+/m1/s1. The monoisotopic (exact) mass is 373 g/mol. The molecule has 1 aliphatic rings. The van der Waals surface area contributed by atoms with Crippen LogP contribution in [0.1, 0.15) is 19.4 Å². The van der Waals surface area contributed by atoms with Crippen molar-refractivity contribution in [2.75, 3.05) is 13.7 Å². The first-order chi connectivity index (χ1) is 11.7. The van der Waals surface area contributed by atoms with Gasteiger partial charge in [0.25, 0.3) is 0 Å². The fourth-order valence-corrected chi connectivity index (χ4v) is 5.05. The Kier molecular flexibility index (Phi) is 6.58. The lowest BCUT2D eigenvalue weighted by Crippen LogP contribution is -2.66. The number of benzene rings is 1. The molecule has 2 rings (SSSR count). The molecule has 5 atom stereocenters. The van der Waals surface area contributed by atoms with Crippen LogP contribution in [0.3, 0.4) is 0 Å². The molecule has 0 aromatic heterocycles. The average molecular weight is 373 g/mol. The van der Waals surface area contributed by atoms with Crippen LogP contribution in [-0.2, 0) is 19.3 Å². The zero-order valence-corrected chi connectivity index (χ0v) is 15.7. The first kappa shape index (κ1) is 20.3. The minimum atomic E-state index is -3.89. The molecule has 3 N–H and O–H groups in total. The lowest BCUT2D eigenvalue weighted by molar-refractivity contribution is -0.231. The van der Waals surface area contributed by atoms with Gasteiger partial charge in [0.05, 0.1) is 17.5 Å². The second kappa shape index (κ2) is 8.11. The van der Waals surface area contributed by atoms with Crippen LogP contribution in [-0.4, -0.2) is 68.2 Å². The summed E-state index contributed by atoms with van der Waals surface area (Å²) in [5, 5.41) is 22.0. The van der Waals surface area contributed by atoms with E-state index in [1.54, 1.807) is 12.1 Å². The minimum Gasteiger partial charge on any atom is -0.394 e. The number of ether oxygens (including phenoxy) is 2. The molecule has 0 spiro atoms. The molecule has 0 bridgehead atoms. The molecule has 8 heteroatoms. The Morgan fingerprint density at radius 2 is 1.88 bits per heavy atom. The Balaban J connectivity index is 2.50. The number of aliphatic hydroxyl groups excluding tert-OH is 2. The average Bonchev–Trinajstić information content (AvgIpc) is 2.55. The van der Waals surface area contributed by atoms with Crippen LogP contribution >= 0.6 is 0 Å². The van der Waals surface area contributed by atoms with E-state index in [1.807, 2.05) is 20.8 Å². The predicted octanol–water partition coefficient (Wildman–Crippen LogP) is 0.228. The third-order valence-corrected chi connectivity index (χ3v) is 6.54. The van der Waals surface area contributed by atoms with Crippen molar-refractivity contribution in [1.82, 2.24) is 5.32 Å². The molecule has 142 valence electrons. The SMILES string of the molecule is CO[C@H]1O[C@H](CO)[C@@H](O)[C@H](S(=O)(=O)c2ccc(C)cc2)[C@H]1NC(C)C. The molecule has 0 saturated carbocycles. The van der Waals surface area contributed by atoms with Crippen molar-refractivity contribution in [2.45, 2.75) is 61.5 Å².